The molecule has 4 nitrogen and oxygen atoms in total. The summed E-state index contributed by atoms with van der Waals surface area (Å²) in [5, 5.41) is 0. The van der Waals surface area contributed by atoms with Gasteiger partial charge in [-0.05, 0) is 20.3 Å². The van der Waals surface area contributed by atoms with Crippen LogP contribution in [0.5, 0.6) is 5.88 Å². The van der Waals surface area contributed by atoms with Gasteiger partial charge in [-0.15, -0.1) is 6.42 Å². The summed E-state index contributed by atoms with van der Waals surface area (Å²) in [4.78, 5) is 8.36. The molecule has 16 heavy (non-hydrogen) atoms. The maximum Gasteiger partial charge on any atom is 0.220 e. The average molecular weight is 219 g/mol. The summed E-state index contributed by atoms with van der Waals surface area (Å²) < 4.78 is 5.55. The van der Waals surface area contributed by atoms with Crippen LogP contribution in [0.3, 0.4) is 0 Å². The highest BCUT2D eigenvalue weighted by Gasteiger charge is 2.17. The maximum absolute atomic E-state index is 5.67. The Balaban J connectivity index is 2.93. The van der Waals surface area contributed by atoms with Crippen molar-refractivity contribution >= 4 is 5.82 Å². The molecular weight excluding hydrogens is 202 g/mol. The number of aromatic nitrogens is 2. The zero-order chi connectivity index (χ0) is 12.2. The Bertz CT molecular complexity index is 407. The second kappa shape index (κ2) is 4.84. The lowest BCUT2D eigenvalue weighted by Gasteiger charge is -2.19. The van der Waals surface area contributed by atoms with Crippen molar-refractivity contribution in [2.45, 2.75) is 39.2 Å². The average Bonchev–Trinajstić information content (AvgIpc) is 2.16. The van der Waals surface area contributed by atoms with E-state index in [4.69, 9.17) is 16.9 Å². The van der Waals surface area contributed by atoms with E-state index in [1.165, 1.54) is 0 Å². The number of nitrogens with two attached hydrogens (primary N) is 1. The Labute approximate surface area is 96.2 Å². The highest BCUT2D eigenvalue weighted by Crippen LogP contribution is 2.17. The third-order valence-electron chi connectivity index (χ3n) is 1.95. The number of nitrogens with zero attached hydrogens (tertiary/aromatic N) is 2. The minimum atomic E-state index is -0.690. The van der Waals surface area contributed by atoms with Gasteiger partial charge in [0.15, 0.2) is 5.60 Å². The first-order valence-electron chi connectivity index (χ1n) is 5.27. The minimum absolute atomic E-state index is 0.404. The molecule has 0 saturated heterocycles. The molecular formula is C12H17N3O. The van der Waals surface area contributed by atoms with Crippen molar-refractivity contribution in [2.24, 2.45) is 0 Å². The van der Waals surface area contributed by atoms with Crippen LogP contribution in [-0.4, -0.2) is 15.6 Å². The normalized spacial score (nSPS) is 10.9. The number of terminal acetylenes is 1. The number of rotatable bonds is 4. The van der Waals surface area contributed by atoms with E-state index >= 15 is 0 Å². The summed E-state index contributed by atoms with van der Waals surface area (Å²) in [6, 6.07) is 1.58. The topological polar surface area (TPSA) is 61.0 Å². The molecule has 1 rings (SSSR count). The predicted octanol–water partition coefficient (Wildman–Crippen LogP) is 1.80. The molecule has 0 spiro atoms. The molecule has 0 unspecified atom stereocenters. The Hall–Kier alpha value is -1.76. The molecule has 86 valence electrons. The van der Waals surface area contributed by atoms with Crippen LogP contribution in [0.1, 0.15) is 33.0 Å². The molecule has 1 aromatic heterocycles. The first-order valence-corrected chi connectivity index (χ1v) is 5.27. The van der Waals surface area contributed by atoms with Gasteiger partial charge in [-0.25, -0.2) is 4.98 Å². The van der Waals surface area contributed by atoms with Crippen LogP contribution < -0.4 is 10.5 Å². The molecule has 0 radical (unpaired) electrons. The van der Waals surface area contributed by atoms with E-state index in [0.29, 0.717) is 17.5 Å². The van der Waals surface area contributed by atoms with Gasteiger partial charge in [-0.2, -0.15) is 4.98 Å². The smallest absolute Gasteiger partial charge is 0.220 e. The van der Waals surface area contributed by atoms with E-state index in [-0.39, 0.29) is 0 Å². The Kier molecular flexibility index (Phi) is 3.73. The zero-order valence-electron chi connectivity index (χ0n) is 9.95. The second-order valence-electron chi connectivity index (χ2n) is 4.05. The van der Waals surface area contributed by atoms with E-state index in [0.717, 1.165) is 12.8 Å². The standard InChI is InChI=1S/C12H17N3O/c1-5-7-10-14-9(13)8-11(15-10)16-12(3,4)6-2/h2,8H,5,7H2,1,3-4H3,(H2,13,14,15). The molecule has 0 bridgehead atoms. The molecule has 0 aliphatic carbocycles. The van der Waals surface area contributed by atoms with Crippen LogP contribution >= 0.6 is 0 Å². The lowest BCUT2D eigenvalue weighted by Crippen LogP contribution is -2.26. The first-order chi connectivity index (χ1) is 7.46. The third kappa shape index (κ3) is 3.43. The SMILES string of the molecule is C#CC(C)(C)Oc1cc(N)nc(CCC)n1. The molecule has 0 saturated carbocycles. The van der Waals surface area contributed by atoms with E-state index in [1.807, 2.05) is 0 Å². The van der Waals surface area contributed by atoms with Crippen molar-refractivity contribution in [3.63, 3.8) is 0 Å². The second-order valence-corrected chi connectivity index (χ2v) is 4.05. The van der Waals surface area contributed by atoms with Gasteiger partial charge in [0.2, 0.25) is 5.88 Å². The fourth-order valence-electron chi connectivity index (χ4n) is 1.17. The van der Waals surface area contributed by atoms with Gasteiger partial charge in [0.1, 0.15) is 11.6 Å². The molecule has 4 heteroatoms. The highest BCUT2D eigenvalue weighted by atomic mass is 16.5. The Morgan fingerprint density at radius 1 is 1.50 bits per heavy atom. The van der Waals surface area contributed by atoms with Gasteiger partial charge in [0.25, 0.3) is 0 Å². The van der Waals surface area contributed by atoms with Crippen molar-refractivity contribution in [3.8, 4) is 18.2 Å². The van der Waals surface area contributed by atoms with Crippen LogP contribution in [-0.2, 0) is 6.42 Å². The van der Waals surface area contributed by atoms with Gasteiger partial charge in [-0.1, -0.05) is 12.8 Å². The summed E-state index contributed by atoms with van der Waals surface area (Å²) in [5.41, 5.74) is 4.98. The van der Waals surface area contributed by atoms with E-state index in [2.05, 4.69) is 22.8 Å². The Morgan fingerprint density at radius 3 is 2.75 bits per heavy atom. The van der Waals surface area contributed by atoms with E-state index < -0.39 is 5.60 Å². The summed E-state index contributed by atoms with van der Waals surface area (Å²) in [5.74, 6) is 4.06. The third-order valence-corrected chi connectivity index (χ3v) is 1.95. The van der Waals surface area contributed by atoms with Crippen LogP contribution in [0.25, 0.3) is 0 Å². The van der Waals surface area contributed by atoms with Crippen LogP contribution in [0, 0.1) is 12.3 Å². The number of anilines is 1. The molecule has 0 aliphatic rings. The maximum atomic E-state index is 5.67. The molecule has 1 heterocycles. The largest absolute Gasteiger partial charge is 0.458 e. The summed E-state index contributed by atoms with van der Waals surface area (Å²) in [6.45, 7) is 5.65. The lowest BCUT2D eigenvalue weighted by molar-refractivity contribution is 0.164. The zero-order valence-corrected chi connectivity index (χ0v) is 9.95. The lowest BCUT2D eigenvalue weighted by atomic mass is 10.1. The molecule has 0 amide bonds. The van der Waals surface area contributed by atoms with Gasteiger partial charge >= 0.3 is 0 Å². The van der Waals surface area contributed by atoms with Crippen LogP contribution in [0.4, 0.5) is 5.82 Å². The number of ether oxygens (including phenoxy) is 1. The van der Waals surface area contributed by atoms with Crippen LogP contribution in [0.15, 0.2) is 6.07 Å². The first kappa shape index (κ1) is 12.3. The van der Waals surface area contributed by atoms with Gasteiger partial charge in [0, 0.05) is 12.5 Å². The molecule has 1 aromatic rings. The number of hydrogen-bond acceptors (Lipinski definition) is 4. The van der Waals surface area contributed by atoms with E-state index in [9.17, 15) is 0 Å². The quantitative estimate of drug-likeness (QED) is 0.784. The van der Waals surface area contributed by atoms with Crippen molar-refractivity contribution in [1.82, 2.24) is 9.97 Å². The van der Waals surface area contributed by atoms with Crippen molar-refractivity contribution < 1.29 is 4.74 Å². The molecule has 2 N–H and O–H groups in total. The van der Waals surface area contributed by atoms with Gasteiger partial charge < -0.3 is 10.5 Å². The molecule has 0 aromatic carbocycles. The summed E-state index contributed by atoms with van der Waals surface area (Å²) in [6.07, 6.45) is 7.07. The minimum Gasteiger partial charge on any atom is -0.458 e. The predicted molar refractivity (Wildman–Crippen MR) is 64.0 cm³/mol. The van der Waals surface area contributed by atoms with Gasteiger partial charge in [0.05, 0.1) is 0 Å². The highest BCUT2D eigenvalue weighted by molar-refractivity contribution is 5.33. The molecule has 0 fully saturated rings. The van der Waals surface area contributed by atoms with Crippen molar-refractivity contribution in [2.75, 3.05) is 5.73 Å². The fraction of sp³-hybridized carbons (Fsp3) is 0.500. The molecule has 0 atom stereocenters. The van der Waals surface area contributed by atoms with Crippen molar-refractivity contribution in [3.05, 3.63) is 11.9 Å². The number of hydrogen-bond donors (Lipinski definition) is 1. The summed E-state index contributed by atoms with van der Waals surface area (Å²) >= 11 is 0. The number of aryl methyl sites for hydroxylation is 1. The van der Waals surface area contributed by atoms with Gasteiger partial charge in [-0.3, -0.25) is 0 Å². The summed E-state index contributed by atoms with van der Waals surface area (Å²) in [7, 11) is 0. The van der Waals surface area contributed by atoms with Crippen molar-refractivity contribution in [1.29, 1.82) is 0 Å². The fourth-order valence-corrected chi connectivity index (χ4v) is 1.17. The monoisotopic (exact) mass is 219 g/mol. The molecule has 0 aliphatic heterocycles. The van der Waals surface area contributed by atoms with Crippen LogP contribution in [0.2, 0.25) is 0 Å². The Morgan fingerprint density at radius 2 is 2.19 bits per heavy atom. The van der Waals surface area contributed by atoms with E-state index in [1.54, 1.807) is 19.9 Å². The number of nitrogen functional groups attached to an aromatic ring is 1.